The minimum Gasteiger partial charge on any atom is -0.389 e. The van der Waals surface area contributed by atoms with Crippen molar-refractivity contribution in [2.45, 2.75) is 0 Å². The summed E-state index contributed by atoms with van der Waals surface area (Å²) >= 11 is 4.92. The van der Waals surface area contributed by atoms with Gasteiger partial charge in [0.1, 0.15) is 4.99 Å². The van der Waals surface area contributed by atoms with Gasteiger partial charge in [-0.25, -0.2) is 8.78 Å². The highest BCUT2D eigenvalue weighted by molar-refractivity contribution is 7.80. The lowest BCUT2D eigenvalue weighted by Crippen LogP contribution is -2.11. The summed E-state index contributed by atoms with van der Waals surface area (Å²) in [4.78, 5) is 0.237. The van der Waals surface area contributed by atoms with Crippen molar-refractivity contribution in [2.75, 3.05) is 5.32 Å². The van der Waals surface area contributed by atoms with Gasteiger partial charge in [-0.1, -0.05) is 24.4 Å². The molecule has 0 fully saturated rings. The summed E-state index contributed by atoms with van der Waals surface area (Å²) < 4.78 is 25.9. The van der Waals surface area contributed by atoms with Crippen molar-refractivity contribution in [1.82, 2.24) is 0 Å². The molecule has 3 N–H and O–H groups in total. The zero-order valence-corrected chi connectivity index (χ0v) is 10.1. The van der Waals surface area contributed by atoms with Crippen LogP contribution in [-0.4, -0.2) is 4.99 Å². The molecule has 0 atom stereocenters. The van der Waals surface area contributed by atoms with Gasteiger partial charge in [0.05, 0.1) is 0 Å². The Kier molecular flexibility index (Phi) is 3.53. The molecule has 2 nitrogen and oxygen atoms in total. The normalized spacial score (nSPS) is 10.1. The van der Waals surface area contributed by atoms with E-state index in [4.69, 9.17) is 18.0 Å². The predicted octanol–water partition coefficient (Wildman–Crippen LogP) is 3.34. The summed E-state index contributed by atoms with van der Waals surface area (Å²) in [7, 11) is 0. The van der Waals surface area contributed by atoms with Crippen LogP contribution in [0.1, 0.15) is 5.56 Å². The number of benzene rings is 2. The van der Waals surface area contributed by atoms with E-state index in [1.807, 2.05) is 0 Å². The SMILES string of the molecule is NC(=S)c1ccccc1Nc1ccc(F)c(F)c1. The van der Waals surface area contributed by atoms with E-state index in [1.54, 1.807) is 24.3 Å². The molecule has 0 radical (unpaired) electrons. The lowest BCUT2D eigenvalue weighted by Gasteiger charge is -2.11. The third-order valence-electron chi connectivity index (χ3n) is 2.39. The standard InChI is InChI=1S/C13H10F2N2S/c14-10-6-5-8(7-11(10)15)17-12-4-2-1-3-9(12)13(16)18/h1-7,17H,(H2,16,18). The van der Waals surface area contributed by atoms with Crippen LogP contribution in [-0.2, 0) is 0 Å². The van der Waals surface area contributed by atoms with E-state index in [0.717, 1.165) is 12.1 Å². The van der Waals surface area contributed by atoms with Crippen molar-refractivity contribution in [2.24, 2.45) is 5.73 Å². The molecular weight excluding hydrogens is 254 g/mol. The van der Waals surface area contributed by atoms with Gasteiger partial charge >= 0.3 is 0 Å². The second-order valence-electron chi connectivity index (χ2n) is 3.66. The molecule has 2 rings (SSSR count). The first-order chi connectivity index (χ1) is 8.58. The second kappa shape index (κ2) is 5.10. The molecule has 2 aromatic carbocycles. The number of anilines is 2. The largest absolute Gasteiger partial charge is 0.389 e. The molecule has 0 spiro atoms. The summed E-state index contributed by atoms with van der Waals surface area (Å²) in [5.74, 6) is -1.80. The summed E-state index contributed by atoms with van der Waals surface area (Å²) in [6, 6.07) is 10.7. The lowest BCUT2D eigenvalue weighted by molar-refractivity contribution is 0.509. The number of halogens is 2. The molecule has 0 bridgehead atoms. The fourth-order valence-corrected chi connectivity index (χ4v) is 1.71. The average Bonchev–Trinajstić information content (AvgIpc) is 2.34. The summed E-state index contributed by atoms with van der Waals surface area (Å²) in [5.41, 5.74) is 7.31. The Morgan fingerprint density at radius 1 is 1.06 bits per heavy atom. The van der Waals surface area contributed by atoms with Crippen molar-refractivity contribution in [3.8, 4) is 0 Å². The van der Waals surface area contributed by atoms with Gasteiger partial charge in [-0.15, -0.1) is 0 Å². The molecule has 0 aromatic heterocycles. The second-order valence-corrected chi connectivity index (χ2v) is 4.10. The molecule has 0 heterocycles. The summed E-state index contributed by atoms with van der Waals surface area (Å²) in [6.45, 7) is 0. The molecule has 0 saturated carbocycles. The van der Waals surface area contributed by atoms with E-state index >= 15 is 0 Å². The molecule has 92 valence electrons. The minimum absolute atomic E-state index is 0.237. The molecule has 0 aliphatic rings. The van der Waals surface area contributed by atoms with Gasteiger partial charge in [0, 0.05) is 23.0 Å². The van der Waals surface area contributed by atoms with E-state index < -0.39 is 11.6 Å². The molecule has 0 amide bonds. The Hall–Kier alpha value is -2.01. The van der Waals surface area contributed by atoms with E-state index in [9.17, 15) is 8.78 Å². The smallest absolute Gasteiger partial charge is 0.160 e. The average molecular weight is 264 g/mol. The molecule has 0 unspecified atom stereocenters. The van der Waals surface area contributed by atoms with Crippen molar-refractivity contribution >= 4 is 28.6 Å². The highest BCUT2D eigenvalue weighted by Crippen LogP contribution is 2.22. The van der Waals surface area contributed by atoms with Crippen molar-refractivity contribution in [3.63, 3.8) is 0 Å². The Balaban J connectivity index is 2.34. The first kappa shape index (κ1) is 12.4. The Bertz CT molecular complexity index is 599. The van der Waals surface area contributed by atoms with Crippen LogP contribution >= 0.6 is 12.2 Å². The van der Waals surface area contributed by atoms with Gasteiger partial charge in [0.25, 0.3) is 0 Å². The highest BCUT2D eigenvalue weighted by Gasteiger charge is 2.06. The molecule has 18 heavy (non-hydrogen) atoms. The Morgan fingerprint density at radius 2 is 1.78 bits per heavy atom. The maximum Gasteiger partial charge on any atom is 0.160 e. The van der Waals surface area contributed by atoms with Gasteiger partial charge in [0.2, 0.25) is 0 Å². The van der Waals surface area contributed by atoms with Crippen LogP contribution in [0.25, 0.3) is 0 Å². The molecule has 0 aliphatic carbocycles. The first-order valence-corrected chi connectivity index (χ1v) is 5.59. The zero-order chi connectivity index (χ0) is 13.1. The molecule has 0 aliphatic heterocycles. The number of rotatable bonds is 3. The maximum atomic E-state index is 13.1. The van der Waals surface area contributed by atoms with Crippen molar-refractivity contribution in [1.29, 1.82) is 0 Å². The number of nitrogens with two attached hydrogens (primary N) is 1. The van der Waals surface area contributed by atoms with Crippen molar-refractivity contribution in [3.05, 3.63) is 59.7 Å². The van der Waals surface area contributed by atoms with Crippen LogP contribution in [0.5, 0.6) is 0 Å². The third-order valence-corrected chi connectivity index (χ3v) is 2.61. The number of hydrogen-bond acceptors (Lipinski definition) is 2. The number of thiocarbonyl (C=S) groups is 1. The fraction of sp³-hybridized carbons (Fsp3) is 0. The van der Waals surface area contributed by atoms with Crippen LogP contribution in [0.4, 0.5) is 20.2 Å². The Labute approximate surface area is 108 Å². The van der Waals surface area contributed by atoms with Crippen LogP contribution in [0.15, 0.2) is 42.5 Å². The molecule has 5 heteroatoms. The van der Waals surface area contributed by atoms with Crippen LogP contribution in [0, 0.1) is 11.6 Å². The topological polar surface area (TPSA) is 38.0 Å². The van der Waals surface area contributed by atoms with E-state index in [2.05, 4.69) is 5.32 Å². The fourth-order valence-electron chi connectivity index (χ4n) is 1.54. The van der Waals surface area contributed by atoms with Gasteiger partial charge in [0.15, 0.2) is 11.6 Å². The highest BCUT2D eigenvalue weighted by atomic mass is 32.1. The molecule has 0 saturated heterocycles. The monoisotopic (exact) mass is 264 g/mol. The Morgan fingerprint density at radius 3 is 2.44 bits per heavy atom. The van der Waals surface area contributed by atoms with E-state index in [1.165, 1.54) is 6.07 Å². The van der Waals surface area contributed by atoms with Gasteiger partial charge in [-0.2, -0.15) is 0 Å². The maximum absolute atomic E-state index is 13.1. The zero-order valence-electron chi connectivity index (χ0n) is 9.28. The van der Waals surface area contributed by atoms with Crippen LogP contribution < -0.4 is 11.1 Å². The van der Waals surface area contributed by atoms with E-state index in [0.29, 0.717) is 16.9 Å². The third kappa shape index (κ3) is 2.62. The summed E-state index contributed by atoms with van der Waals surface area (Å²) in [5, 5.41) is 2.95. The van der Waals surface area contributed by atoms with Crippen molar-refractivity contribution < 1.29 is 8.78 Å². The summed E-state index contributed by atoms with van der Waals surface area (Å²) in [6.07, 6.45) is 0. The first-order valence-electron chi connectivity index (χ1n) is 5.19. The lowest BCUT2D eigenvalue weighted by atomic mass is 10.1. The number of para-hydroxylation sites is 1. The van der Waals surface area contributed by atoms with Crippen LogP contribution in [0.3, 0.4) is 0 Å². The van der Waals surface area contributed by atoms with Crippen LogP contribution in [0.2, 0.25) is 0 Å². The number of nitrogens with one attached hydrogen (secondary N) is 1. The van der Waals surface area contributed by atoms with Gasteiger partial charge < -0.3 is 11.1 Å². The quantitative estimate of drug-likeness (QED) is 0.835. The minimum atomic E-state index is -0.909. The predicted molar refractivity (Wildman–Crippen MR) is 72.0 cm³/mol. The van der Waals surface area contributed by atoms with Gasteiger partial charge in [-0.05, 0) is 24.3 Å². The molecule has 2 aromatic rings. The van der Waals surface area contributed by atoms with E-state index in [-0.39, 0.29) is 4.99 Å². The van der Waals surface area contributed by atoms with Gasteiger partial charge in [-0.3, -0.25) is 0 Å². The number of hydrogen-bond donors (Lipinski definition) is 2. The molecular formula is C13H10F2N2S.